The van der Waals surface area contributed by atoms with Gasteiger partial charge in [-0.2, -0.15) is 0 Å². The molecule has 2 rings (SSSR count). The van der Waals surface area contributed by atoms with Gasteiger partial charge in [0.1, 0.15) is 5.76 Å². The maximum Gasteiger partial charge on any atom is 0.371 e. The average molecular weight is 357 g/mol. The minimum absolute atomic E-state index is 0.0849. The third-order valence-electron chi connectivity index (χ3n) is 2.84. The highest BCUT2D eigenvalue weighted by Crippen LogP contribution is 2.22. The summed E-state index contributed by atoms with van der Waals surface area (Å²) >= 11 is 3.03. The van der Waals surface area contributed by atoms with Gasteiger partial charge in [0.05, 0.1) is 22.1 Å². The maximum atomic E-state index is 12.0. The summed E-state index contributed by atoms with van der Waals surface area (Å²) in [5, 5.41) is 19.7. The summed E-state index contributed by atoms with van der Waals surface area (Å²) in [6.45, 7) is 1.36. The van der Waals surface area contributed by atoms with Crippen molar-refractivity contribution >= 4 is 27.6 Å². The molecule has 1 N–H and O–H groups in total. The normalized spacial score (nSPS) is 10.6. The zero-order valence-corrected chi connectivity index (χ0v) is 12.3. The van der Waals surface area contributed by atoms with Gasteiger partial charge in [-0.15, -0.1) is 0 Å². The zero-order chi connectivity index (χ0) is 15.7. The lowest BCUT2D eigenvalue weighted by Crippen LogP contribution is -2.22. The van der Waals surface area contributed by atoms with Gasteiger partial charge in [0.15, 0.2) is 0 Å². The third-order valence-corrected chi connectivity index (χ3v) is 3.77. The minimum Gasteiger partial charge on any atom is -0.475 e. The Labute approximate surface area is 125 Å². The Hall–Kier alpha value is -2.42. The SMILES string of the molecule is Cc1c([N+](=O)[O-])cn(Cc2ccc(C(=O)O)o2)c(=O)c1Br. The topological polar surface area (TPSA) is 116 Å². The van der Waals surface area contributed by atoms with E-state index in [0.717, 1.165) is 10.8 Å². The third kappa shape index (κ3) is 2.87. The van der Waals surface area contributed by atoms with Crippen LogP contribution < -0.4 is 5.56 Å². The van der Waals surface area contributed by atoms with Crippen LogP contribution in [0.1, 0.15) is 21.9 Å². The molecule has 0 aliphatic rings. The molecule has 0 unspecified atom stereocenters. The Kier molecular flexibility index (Phi) is 3.94. The number of rotatable bonds is 4. The molecule has 0 saturated heterocycles. The first-order valence-corrected chi connectivity index (χ1v) is 6.46. The number of hydrogen-bond donors (Lipinski definition) is 1. The van der Waals surface area contributed by atoms with Crippen LogP contribution in [0.2, 0.25) is 0 Å². The van der Waals surface area contributed by atoms with Crippen molar-refractivity contribution in [3.05, 3.63) is 60.4 Å². The molecule has 21 heavy (non-hydrogen) atoms. The standard InChI is InChI=1S/C12H9BrN2O6/c1-6-8(15(19)20)5-14(11(16)10(6)13)4-7-2-3-9(21-7)12(17)18/h2-3,5H,4H2,1H3,(H,17,18). The van der Waals surface area contributed by atoms with E-state index >= 15 is 0 Å². The van der Waals surface area contributed by atoms with Gasteiger partial charge >= 0.3 is 5.97 Å². The van der Waals surface area contributed by atoms with Gasteiger partial charge in [-0.3, -0.25) is 14.9 Å². The molecule has 0 aliphatic heterocycles. The fourth-order valence-corrected chi connectivity index (χ4v) is 2.18. The number of pyridine rings is 1. The molecule has 2 aromatic rings. The molecular formula is C12H9BrN2O6. The minimum atomic E-state index is -1.23. The molecule has 2 aromatic heterocycles. The van der Waals surface area contributed by atoms with E-state index in [1.807, 2.05) is 0 Å². The molecule has 0 spiro atoms. The number of hydrogen-bond acceptors (Lipinski definition) is 5. The van der Waals surface area contributed by atoms with E-state index in [1.165, 1.54) is 19.1 Å². The molecule has 0 aromatic carbocycles. The van der Waals surface area contributed by atoms with E-state index in [4.69, 9.17) is 9.52 Å². The summed E-state index contributed by atoms with van der Waals surface area (Å²) in [5.74, 6) is -1.29. The number of carboxylic acid groups (broad SMARTS) is 1. The van der Waals surface area contributed by atoms with Gasteiger partial charge in [-0.25, -0.2) is 4.79 Å². The van der Waals surface area contributed by atoms with Gasteiger partial charge in [-0.1, -0.05) is 0 Å². The second kappa shape index (κ2) is 5.52. The molecule has 0 saturated carbocycles. The lowest BCUT2D eigenvalue weighted by molar-refractivity contribution is -0.386. The first kappa shape index (κ1) is 15.0. The van der Waals surface area contributed by atoms with Gasteiger partial charge in [0, 0.05) is 5.56 Å². The number of aromatic carboxylic acids is 1. The summed E-state index contributed by atoms with van der Waals surface area (Å²) < 4.78 is 6.20. The van der Waals surface area contributed by atoms with Crippen LogP contribution in [0.15, 0.2) is 32.0 Å². The Balaban J connectivity index is 2.46. The number of aromatic nitrogens is 1. The van der Waals surface area contributed by atoms with E-state index in [0.29, 0.717) is 0 Å². The molecule has 0 bridgehead atoms. The second-order valence-corrected chi connectivity index (χ2v) is 5.01. The van der Waals surface area contributed by atoms with E-state index in [-0.39, 0.29) is 33.8 Å². The number of halogens is 1. The molecule has 8 nitrogen and oxygen atoms in total. The van der Waals surface area contributed by atoms with Crippen molar-refractivity contribution in [2.24, 2.45) is 0 Å². The maximum absolute atomic E-state index is 12.0. The Morgan fingerprint density at radius 2 is 2.19 bits per heavy atom. The highest BCUT2D eigenvalue weighted by molar-refractivity contribution is 9.10. The summed E-state index contributed by atoms with van der Waals surface area (Å²) in [5.41, 5.74) is -0.454. The van der Waals surface area contributed by atoms with Crippen molar-refractivity contribution in [3.8, 4) is 0 Å². The predicted octanol–water partition coefficient (Wildman–Crippen LogP) is 2.17. The molecule has 0 atom stereocenters. The highest BCUT2D eigenvalue weighted by atomic mass is 79.9. The molecule has 0 radical (unpaired) electrons. The number of nitrogens with zero attached hydrogens (tertiary/aromatic N) is 2. The van der Waals surface area contributed by atoms with Crippen molar-refractivity contribution < 1.29 is 19.2 Å². The Morgan fingerprint density at radius 1 is 1.52 bits per heavy atom. The van der Waals surface area contributed by atoms with E-state index < -0.39 is 16.5 Å². The molecule has 110 valence electrons. The molecule has 9 heteroatoms. The molecule has 0 aliphatic carbocycles. The monoisotopic (exact) mass is 356 g/mol. The van der Waals surface area contributed by atoms with E-state index in [9.17, 15) is 19.7 Å². The first-order chi connectivity index (χ1) is 9.81. The zero-order valence-electron chi connectivity index (χ0n) is 10.7. The van der Waals surface area contributed by atoms with Crippen LogP contribution >= 0.6 is 15.9 Å². The van der Waals surface area contributed by atoms with Crippen LogP contribution in [0.4, 0.5) is 5.69 Å². The van der Waals surface area contributed by atoms with Gasteiger partial charge in [-0.05, 0) is 35.0 Å². The van der Waals surface area contributed by atoms with Crippen LogP contribution in [-0.4, -0.2) is 20.6 Å². The number of carboxylic acids is 1. The van der Waals surface area contributed by atoms with Crippen molar-refractivity contribution in [2.45, 2.75) is 13.5 Å². The van der Waals surface area contributed by atoms with Gasteiger partial charge < -0.3 is 14.1 Å². The molecule has 0 amide bonds. The second-order valence-electron chi connectivity index (χ2n) is 4.21. The molecule has 0 fully saturated rings. The van der Waals surface area contributed by atoms with Crippen LogP contribution in [-0.2, 0) is 6.54 Å². The molecular weight excluding hydrogens is 348 g/mol. The van der Waals surface area contributed by atoms with Crippen molar-refractivity contribution in [1.29, 1.82) is 0 Å². The van der Waals surface area contributed by atoms with Gasteiger partial charge in [0.25, 0.3) is 11.2 Å². The lowest BCUT2D eigenvalue weighted by atomic mass is 10.2. The smallest absolute Gasteiger partial charge is 0.371 e. The summed E-state index contributed by atoms with van der Waals surface area (Å²) in [6.07, 6.45) is 1.10. The van der Waals surface area contributed by atoms with Crippen LogP contribution in [0.5, 0.6) is 0 Å². The highest BCUT2D eigenvalue weighted by Gasteiger charge is 2.19. The fraction of sp³-hybridized carbons (Fsp3) is 0.167. The number of nitro groups is 1. The number of carbonyl (C=O) groups is 1. The van der Waals surface area contributed by atoms with Crippen molar-refractivity contribution in [2.75, 3.05) is 0 Å². The lowest BCUT2D eigenvalue weighted by Gasteiger charge is -2.07. The summed E-state index contributed by atoms with van der Waals surface area (Å²) in [6, 6.07) is 2.65. The van der Waals surface area contributed by atoms with Crippen molar-refractivity contribution in [3.63, 3.8) is 0 Å². The van der Waals surface area contributed by atoms with Crippen LogP contribution in [0.3, 0.4) is 0 Å². The predicted molar refractivity (Wildman–Crippen MR) is 74.6 cm³/mol. The first-order valence-electron chi connectivity index (χ1n) is 5.67. The van der Waals surface area contributed by atoms with Crippen LogP contribution in [0, 0.1) is 17.0 Å². The molecule has 2 heterocycles. The largest absolute Gasteiger partial charge is 0.475 e. The summed E-state index contributed by atoms with van der Waals surface area (Å²) in [7, 11) is 0. The van der Waals surface area contributed by atoms with E-state index in [1.54, 1.807) is 0 Å². The fourth-order valence-electron chi connectivity index (χ4n) is 1.75. The Bertz CT molecular complexity index is 792. The van der Waals surface area contributed by atoms with Gasteiger partial charge in [0.2, 0.25) is 5.76 Å². The van der Waals surface area contributed by atoms with Crippen molar-refractivity contribution in [1.82, 2.24) is 4.57 Å². The number of furan rings is 1. The Morgan fingerprint density at radius 3 is 2.71 bits per heavy atom. The van der Waals surface area contributed by atoms with Crippen LogP contribution in [0.25, 0.3) is 0 Å². The quantitative estimate of drug-likeness (QED) is 0.662. The van der Waals surface area contributed by atoms with E-state index in [2.05, 4.69) is 15.9 Å². The average Bonchev–Trinajstić information content (AvgIpc) is 2.88. The summed E-state index contributed by atoms with van der Waals surface area (Å²) in [4.78, 5) is 33.1.